The van der Waals surface area contributed by atoms with Crippen LogP contribution in [-0.2, 0) is 44.6 Å². The van der Waals surface area contributed by atoms with E-state index in [-0.39, 0.29) is 25.7 Å². The van der Waals surface area contributed by atoms with Crippen LogP contribution in [0.2, 0.25) is 0 Å². The van der Waals surface area contributed by atoms with Gasteiger partial charge in [0.2, 0.25) is 0 Å². The minimum atomic E-state index is -3.81. The molecule has 0 aromatic heterocycles. The Labute approximate surface area is 213 Å². The number of fused-ring (bicyclic) bond motifs is 3. The fourth-order valence-corrected chi connectivity index (χ4v) is 7.46. The highest BCUT2D eigenvalue weighted by atomic mass is 32.2. The fourth-order valence-electron chi connectivity index (χ4n) is 7.06. The molecule has 5 rings (SSSR count). The minimum absolute atomic E-state index is 0.121. The third-order valence-electron chi connectivity index (χ3n) is 8.66. The lowest BCUT2D eigenvalue weighted by Crippen LogP contribution is -2.74. The zero-order valence-electron chi connectivity index (χ0n) is 21.7. The quantitative estimate of drug-likeness (QED) is 0.560. The monoisotopic (exact) mass is 526 g/mol. The molecule has 1 aromatic rings. The van der Waals surface area contributed by atoms with Crippen molar-refractivity contribution in [2.24, 2.45) is 11.3 Å². The van der Waals surface area contributed by atoms with Gasteiger partial charge < -0.3 is 28.8 Å². The van der Waals surface area contributed by atoms with Crippen molar-refractivity contribution < 1.29 is 41.4 Å². The standard InChI is InChI=1S/C26H38O9S/c1-22(2)34-21-15-23(3)19(13-24(21,4)35-22)25(17-33-36(5,28)29,32-16-18-9-7-6-8-10-18)20(27)14-26(23)30-11-12-31-26/h6-10,19-21,27H,11-17H2,1-5H3/t19-,20-,21+,23+,24-,25-/m1/s1. The second kappa shape index (κ2) is 8.71. The van der Waals surface area contributed by atoms with E-state index in [2.05, 4.69) is 6.92 Å². The summed E-state index contributed by atoms with van der Waals surface area (Å²) in [6.45, 7) is 8.54. The minimum Gasteiger partial charge on any atom is -0.390 e. The molecule has 6 atom stereocenters. The summed E-state index contributed by atoms with van der Waals surface area (Å²) in [5.41, 5.74) is -1.83. The largest absolute Gasteiger partial charge is 0.390 e. The second-order valence-electron chi connectivity index (χ2n) is 11.7. The van der Waals surface area contributed by atoms with Crippen LogP contribution in [0.5, 0.6) is 0 Å². The molecular weight excluding hydrogens is 488 g/mol. The Morgan fingerprint density at radius 1 is 1.03 bits per heavy atom. The van der Waals surface area contributed by atoms with Gasteiger partial charge in [-0.2, -0.15) is 8.42 Å². The molecule has 0 amide bonds. The molecule has 2 saturated carbocycles. The first-order valence-electron chi connectivity index (χ1n) is 12.6. The van der Waals surface area contributed by atoms with Crippen molar-refractivity contribution in [1.29, 1.82) is 0 Å². The van der Waals surface area contributed by atoms with Crippen molar-refractivity contribution in [3.05, 3.63) is 35.9 Å². The second-order valence-corrected chi connectivity index (χ2v) is 13.3. The van der Waals surface area contributed by atoms with Crippen LogP contribution in [0.4, 0.5) is 0 Å². The van der Waals surface area contributed by atoms with Gasteiger partial charge in [-0.15, -0.1) is 0 Å². The zero-order chi connectivity index (χ0) is 26.0. The molecule has 9 nitrogen and oxygen atoms in total. The van der Waals surface area contributed by atoms with Crippen LogP contribution >= 0.6 is 0 Å². The predicted molar refractivity (Wildman–Crippen MR) is 129 cm³/mol. The molecule has 202 valence electrons. The van der Waals surface area contributed by atoms with E-state index in [1.54, 1.807) is 0 Å². The van der Waals surface area contributed by atoms with E-state index in [1.807, 2.05) is 51.1 Å². The number of aliphatic hydroxyl groups is 1. The van der Waals surface area contributed by atoms with Gasteiger partial charge in [0, 0.05) is 17.8 Å². The van der Waals surface area contributed by atoms with Crippen molar-refractivity contribution in [2.75, 3.05) is 26.1 Å². The van der Waals surface area contributed by atoms with E-state index in [0.29, 0.717) is 26.1 Å². The van der Waals surface area contributed by atoms with Crippen LogP contribution in [0, 0.1) is 11.3 Å². The molecule has 1 spiro atoms. The van der Waals surface area contributed by atoms with Crippen LogP contribution < -0.4 is 0 Å². The number of aliphatic hydroxyl groups excluding tert-OH is 1. The predicted octanol–water partition coefficient (Wildman–Crippen LogP) is 2.75. The highest BCUT2D eigenvalue weighted by Gasteiger charge is 2.74. The number of hydrogen-bond donors (Lipinski definition) is 1. The topological polar surface area (TPSA) is 110 Å². The maximum Gasteiger partial charge on any atom is 0.264 e. The van der Waals surface area contributed by atoms with Gasteiger partial charge in [-0.3, -0.25) is 4.18 Å². The first kappa shape index (κ1) is 26.5. The van der Waals surface area contributed by atoms with Crippen LogP contribution in [0.25, 0.3) is 0 Å². The first-order chi connectivity index (χ1) is 16.7. The van der Waals surface area contributed by atoms with Crippen molar-refractivity contribution in [3.8, 4) is 0 Å². The molecule has 2 aliphatic carbocycles. The molecular formula is C26H38O9S. The highest BCUT2D eigenvalue weighted by Crippen LogP contribution is 2.66. The lowest BCUT2D eigenvalue weighted by molar-refractivity contribution is -0.357. The van der Waals surface area contributed by atoms with Gasteiger partial charge in [-0.25, -0.2) is 0 Å². The molecule has 2 heterocycles. The van der Waals surface area contributed by atoms with Gasteiger partial charge in [-0.1, -0.05) is 37.3 Å². The van der Waals surface area contributed by atoms with Gasteiger partial charge >= 0.3 is 0 Å². The fraction of sp³-hybridized carbons (Fsp3) is 0.769. The van der Waals surface area contributed by atoms with Gasteiger partial charge in [0.15, 0.2) is 11.6 Å². The van der Waals surface area contributed by atoms with E-state index < -0.39 is 50.3 Å². The molecule has 2 saturated heterocycles. The summed E-state index contributed by atoms with van der Waals surface area (Å²) in [7, 11) is -3.81. The molecule has 4 fully saturated rings. The van der Waals surface area contributed by atoms with E-state index in [4.69, 9.17) is 27.9 Å². The van der Waals surface area contributed by atoms with E-state index in [1.165, 1.54) is 0 Å². The van der Waals surface area contributed by atoms with Crippen molar-refractivity contribution in [3.63, 3.8) is 0 Å². The molecule has 1 N–H and O–H groups in total. The summed E-state index contributed by atoms with van der Waals surface area (Å²) < 4.78 is 61.6. The van der Waals surface area contributed by atoms with Crippen LogP contribution in [0.3, 0.4) is 0 Å². The average molecular weight is 527 g/mol. The Morgan fingerprint density at radius 2 is 1.69 bits per heavy atom. The van der Waals surface area contributed by atoms with Crippen molar-refractivity contribution in [1.82, 2.24) is 0 Å². The lowest BCUT2D eigenvalue weighted by atomic mass is 9.48. The molecule has 0 unspecified atom stereocenters. The zero-order valence-corrected chi connectivity index (χ0v) is 22.5. The maximum atomic E-state index is 12.2. The summed E-state index contributed by atoms with van der Waals surface area (Å²) in [6.07, 6.45) is 0.734. The third kappa shape index (κ3) is 4.33. The Bertz CT molecular complexity index is 1070. The lowest BCUT2D eigenvalue weighted by Gasteiger charge is -2.65. The summed E-state index contributed by atoms with van der Waals surface area (Å²) >= 11 is 0. The molecule has 36 heavy (non-hydrogen) atoms. The molecule has 1 aromatic carbocycles. The first-order valence-corrected chi connectivity index (χ1v) is 14.4. The SMILES string of the molecule is CC1(C)O[C@H]2C[C@@]3(C)[C@@H](C[C@@]2(C)O1)[C@@](COS(C)(=O)=O)(OCc1ccccc1)[C@H](O)CC31OCCO1. The number of ether oxygens (including phenoxy) is 5. The summed E-state index contributed by atoms with van der Waals surface area (Å²) in [6, 6.07) is 9.59. The van der Waals surface area contributed by atoms with E-state index >= 15 is 0 Å². The smallest absolute Gasteiger partial charge is 0.264 e. The van der Waals surface area contributed by atoms with Crippen molar-refractivity contribution >= 4 is 10.1 Å². The summed E-state index contributed by atoms with van der Waals surface area (Å²) in [5, 5.41) is 11.8. The van der Waals surface area contributed by atoms with Gasteiger partial charge in [0.1, 0.15) is 5.60 Å². The maximum absolute atomic E-state index is 12.2. The molecule has 4 aliphatic rings. The van der Waals surface area contributed by atoms with Gasteiger partial charge in [0.25, 0.3) is 10.1 Å². The average Bonchev–Trinajstić information content (AvgIpc) is 3.34. The highest BCUT2D eigenvalue weighted by molar-refractivity contribution is 7.85. The van der Waals surface area contributed by atoms with Crippen LogP contribution in [-0.4, -0.2) is 74.6 Å². The van der Waals surface area contributed by atoms with E-state index in [9.17, 15) is 13.5 Å². The normalized spacial score (nSPS) is 41.2. The number of hydrogen-bond acceptors (Lipinski definition) is 9. The third-order valence-corrected chi connectivity index (χ3v) is 9.21. The Hall–Kier alpha value is -1.11. The van der Waals surface area contributed by atoms with E-state index in [0.717, 1.165) is 11.8 Å². The van der Waals surface area contributed by atoms with Crippen LogP contribution in [0.1, 0.15) is 52.5 Å². The molecule has 10 heteroatoms. The summed E-state index contributed by atoms with van der Waals surface area (Å²) in [4.78, 5) is 0. The summed E-state index contributed by atoms with van der Waals surface area (Å²) in [5.74, 6) is -2.28. The number of rotatable bonds is 6. The Kier molecular flexibility index (Phi) is 6.41. The molecule has 0 bridgehead atoms. The Balaban J connectivity index is 1.60. The van der Waals surface area contributed by atoms with Gasteiger partial charge in [0.05, 0.1) is 50.5 Å². The van der Waals surface area contributed by atoms with Crippen molar-refractivity contribution in [2.45, 2.75) is 88.5 Å². The van der Waals surface area contributed by atoms with Gasteiger partial charge in [-0.05, 0) is 39.2 Å². The molecule has 0 radical (unpaired) electrons. The van der Waals surface area contributed by atoms with Crippen LogP contribution in [0.15, 0.2) is 30.3 Å². The Morgan fingerprint density at radius 3 is 2.33 bits per heavy atom. The number of benzene rings is 1. The molecule has 2 aliphatic heterocycles.